The minimum absolute atomic E-state index is 0.133. The molecule has 8 heteroatoms. The van der Waals surface area contributed by atoms with Gasteiger partial charge in [-0.25, -0.2) is 0 Å². The van der Waals surface area contributed by atoms with Gasteiger partial charge in [-0.05, 0) is 91.6 Å². The first-order chi connectivity index (χ1) is 18.5. The molecule has 194 valence electrons. The van der Waals surface area contributed by atoms with E-state index in [2.05, 4.69) is 103 Å². The minimum Gasteiger partial charge on any atom is -0.370 e. The van der Waals surface area contributed by atoms with Gasteiger partial charge in [-0.2, -0.15) is 0 Å². The summed E-state index contributed by atoms with van der Waals surface area (Å²) in [6, 6.07) is 24.7. The van der Waals surface area contributed by atoms with Crippen LogP contribution in [0.4, 0.5) is 11.4 Å². The van der Waals surface area contributed by atoms with E-state index in [4.69, 9.17) is 28.8 Å². The number of piperidine rings is 1. The normalized spacial score (nSPS) is 20.1. The lowest BCUT2D eigenvalue weighted by atomic mass is 9.98. The van der Waals surface area contributed by atoms with E-state index >= 15 is 0 Å². The van der Waals surface area contributed by atoms with Crippen molar-refractivity contribution in [3.05, 3.63) is 106 Å². The summed E-state index contributed by atoms with van der Waals surface area (Å²) in [6.07, 6.45) is 6.31. The Kier molecular flexibility index (Phi) is 7.16. The second kappa shape index (κ2) is 10.7. The molecule has 2 aromatic heterocycles. The van der Waals surface area contributed by atoms with Crippen LogP contribution in [0.25, 0.3) is 5.69 Å². The number of hydrogen-bond acceptors (Lipinski definition) is 3. The van der Waals surface area contributed by atoms with E-state index in [-0.39, 0.29) is 12.1 Å². The Morgan fingerprint density at radius 1 is 0.974 bits per heavy atom. The largest absolute Gasteiger partial charge is 0.370 e. The summed E-state index contributed by atoms with van der Waals surface area (Å²) in [7, 11) is 0. The SMILES string of the molecule is CC1CCN(c2ccc(N3C(=S)N[C@H](c4ccccn4)[C@H]3c3cccn3-c3cccc(Br)c3)cc2Cl)CC1. The lowest BCUT2D eigenvalue weighted by Crippen LogP contribution is -2.33. The van der Waals surface area contributed by atoms with Gasteiger partial charge in [0.25, 0.3) is 0 Å². The maximum absolute atomic E-state index is 6.94. The van der Waals surface area contributed by atoms with Gasteiger partial charge in [0.2, 0.25) is 0 Å². The summed E-state index contributed by atoms with van der Waals surface area (Å²) in [5.74, 6) is 0.767. The van der Waals surface area contributed by atoms with Crippen molar-refractivity contribution in [2.75, 3.05) is 22.9 Å². The maximum Gasteiger partial charge on any atom is 0.174 e. The third-order valence-electron chi connectivity index (χ3n) is 7.60. The van der Waals surface area contributed by atoms with Gasteiger partial charge in [-0.3, -0.25) is 4.98 Å². The zero-order chi connectivity index (χ0) is 26.2. The van der Waals surface area contributed by atoms with Gasteiger partial charge in [0, 0.05) is 47.0 Å². The van der Waals surface area contributed by atoms with E-state index in [0.717, 1.165) is 57.0 Å². The molecule has 2 atom stereocenters. The van der Waals surface area contributed by atoms with E-state index in [1.165, 1.54) is 12.8 Å². The fourth-order valence-electron chi connectivity index (χ4n) is 5.58. The van der Waals surface area contributed by atoms with Crippen LogP contribution in [0.2, 0.25) is 5.02 Å². The number of nitrogens with one attached hydrogen (secondary N) is 1. The molecule has 5 nitrogen and oxygen atoms in total. The Hall–Kier alpha value is -2.87. The molecule has 0 spiro atoms. The summed E-state index contributed by atoms with van der Waals surface area (Å²) >= 11 is 16.5. The quantitative estimate of drug-likeness (QED) is 0.236. The van der Waals surface area contributed by atoms with Crippen LogP contribution in [0.1, 0.15) is 43.2 Å². The molecule has 2 saturated heterocycles. The van der Waals surface area contributed by atoms with E-state index in [1.54, 1.807) is 0 Å². The van der Waals surface area contributed by atoms with Crippen molar-refractivity contribution in [3.8, 4) is 5.69 Å². The van der Waals surface area contributed by atoms with Crippen LogP contribution in [0.5, 0.6) is 0 Å². The monoisotopic (exact) mass is 605 g/mol. The smallest absolute Gasteiger partial charge is 0.174 e. The van der Waals surface area contributed by atoms with E-state index < -0.39 is 0 Å². The lowest BCUT2D eigenvalue weighted by molar-refractivity contribution is 0.438. The Balaban J connectivity index is 1.42. The van der Waals surface area contributed by atoms with Gasteiger partial charge in [-0.1, -0.05) is 46.6 Å². The molecule has 0 bridgehead atoms. The number of nitrogens with zero attached hydrogens (tertiary/aromatic N) is 4. The summed E-state index contributed by atoms with van der Waals surface area (Å²) < 4.78 is 3.25. The number of anilines is 2. The molecule has 0 radical (unpaired) electrons. The van der Waals surface area contributed by atoms with E-state index in [0.29, 0.717) is 5.11 Å². The van der Waals surface area contributed by atoms with Crippen LogP contribution in [-0.4, -0.2) is 27.8 Å². The number of pyridine rings is 1. The molecule has 0 saturated carbocycles. The van der Waals surface area contributed by atoms with Crippen LogP contribution >= 0.6 is 39.7 Å². The molecular formula is C30H29BrClN5S. The van der Waals surface area contributed by atoms with Gasteiger partial charge < -0.3 is 19.7 Å². The molecule has 2 fully saturated rings. The number of thiocarbonyl (C=S) groups is 1. The van der Waals surface area contributed by atoms with Gasteiger partial charge in [0.1, 0.15) is 6.04 Å². The third-order valence-corrected chi connectivity index (χ3v) is 8.71. The zero-order valence-corrected chi connectivity index (χ0v) is 24.3. The van der Waals surface area contributed by atoms with Crippen molar-refractivity contribution < 1.29 is 0 Å². The Bertz CT molecular complexity index is 1450. The number of hydrogen-bond donors (Lipinski definition) is 1. The summed E-state index contributed by atoms with van der Waals surface area (Å²) in [5.41, 5.74) is 5.18. The fraction of sp³-hybridized carbons (Fsp3) is 0.267. The molecule has 4 aromatic rings. The van der Waals surface area contributed by atoms with Gasteiger partial charge >= 0.3 is 0 Å². The average Bonchev–Trinajstić information content (AvgIpc) is 3.54. The van der Waals surface area contributed by atoms with Crippen molar-refractivity contribution in [2.45, 2.75) is 31.8 Å². The van der Waals surface area contributed by atoms with Crippen LogP contribution in [0, 0.1) is 5.92 Å². The minimum atomic E-state index is -0.135. The first-order valence-electron chi connectivity index (χ1n) is 13.0. The Labute approximate surface area is 242 Å². The highest BCUT2D eigenvalue weighted by Crippen LogP contribution is 2.44. The highest BCUT2D eigenvalue weighted by atomic mass is 79.9. The molecule has 0 aliphatic carbocycles. The fourth-order valence-corrected chi connectivity index (χ4v) is 6.61. The number of benzene rings is 2. The van der Waals surface area contributed by atoms with Gasteiger partial charge in [0.15, 0.2) is 5.11 Å². The number of rotatable bonds is 5. The third kappa shape index (κ3) is 4.83. The Morgan fingerprint density at radius 3 is 2.55 bits per heavy atom. The second-order valence-electron chi connectivity index (χ2n) is 10.1. The number of aromatic nitrogens is 2. The predicted molar refractivity (Wildman–Crippen MR) is 163 cm³/mol. The predicted octanol–water partition coefficient (Wildman–Crippen LogP) is 7.70. The Morgan fingerprint density at radius 2 is 1.82 bits per heavy atom. The molecule has 2 aromatic carbocycles. The van der Waals surface area contributed by atoms with Crippen molar-refractivity contribution in [1.29, 1.82) is 0 Å². The van der Waals surface area contributed by atoms with Crippen LogP contribution in [-0.2, 0) is 0 Å². The molecule has 2 aliphatic heterocycles. The van der Waals surface area contributed by atoms with Gasteiger partial charge in [-0.15, -0.1) is 0 Å². The first-order valence-corrected chi connectivity index (χ1v) is 14.6. The summed E-state index contributed by atoms with van der Waals surface area (Å²) in [6.45, 7) is 4.40. The van der Waals surface area contributed by atoms with Crippen molar-refractivity contribution in [2.24, 2.45) is 5.92 Å². The molecule has 0 unspecified atom stereocenters. The molecule has 1 N–H and O–H groups in total. The molecular weight excluding hydrogens is 578 g/mol. The standard InChI is InChI=1S/C30H29BrClN5S/c1-20-12-16-35(17-13-20)26-11-10-23(19-24(26)32)37-29(28(34-30(37)38)25-8-2-3-14-33-25)27-9-5-15-36(27)22-7-4-6-21(31)18-22/h2-11,14-15,18-20,28-29H,12-13,16-17H2,1H3,(H,34,38)/t28-,29-/m1/s1. The first kappa shape index (κ1) is 25.4. The van der Waals surface area contributed by atoms with E-state index in [1.807, 2.05) is 24.4 Å². The summed E-state index contributed by atoms with van der Waals surface area (Å²) in [4.78, 5) is 9.29. The molecule has 6 rings (SSSR count). The maximum atomic E-state index is 6.94. The molecule has 0 amide bonds. The van der Waals surface area contributed by atoms with Crippen molar-refractivity contribution in [1.82, 2.24) is 14.9 Å². The van der Waals surface area contributed by atoms with Crippen LogP contribution in [0.3, 0.4) is 0 Å². The molecule has 4 heterocycles. The highest BCUT2D eigenvalue weighted by molar-refractivity contribution is 9.10. The highest BCUT2D eigenvalue weighted by Gasteiger charge is 2.42. The number of halogens is 2. The topological polar surface area (TPSA) is 36.3 Å². The van der Waals surface area contributed by atoms with Crippen molar-refractivity contribution >= 4 is 56.2 Å². The molecule has 38 heavy (non-hydrogen) atoms. The lowest BCUT2D eigenvalue weighted by Gasteiger charge is -2.33. The van der Waals surface area contributed by atoms with Crippen LogP contribution in [0.15, 0.2) is 89.7 Å². The average molecular weight is 607 g/mol. The summed E-state index contributed by atoms with van der Waals surface area (Å²) in [5, 5.41) is 4.98. The second-order valence-corrected chi connectivity index (χ2v) is 11.8. The molecule has 2 aliphatic rings. The van der Waals surface area contributed by atoms with Gasteiger partial charge in [0.05, 0.1) is 22.4 Å². The van der Waals surface area contributed by atoms with Crippen molar-refractivity contribution in [3.63, 3.8) is 0 Å². The van der Waals surface area contributed by atoms with Crippen LogP contribution < -0.4 is 15.1 Å². The zero-order valence-electron chi connectivity index (χ0n) is 21.1. The van der Waals surface area contributed by atoms with E-state index in [9.17, 15) is 0 Å².